The minimum absolute atomic E-state index is 0.0755. The van der Waals surface area contributed by atoms with Crippen LogP contribution in [0.4, 0.5) is 0 Å². The summed E-state index contributed by atoms with van der Waals surface area (Å²) in [6, 6.07) is 8.35. The van der Waals surface area contributed by atoms with Crippen molar-refractivity contribution in [3.63, 3.8) is 0 Å². The summed E-state index contributed by atoms with van der Waals surface area (Å²) in [4.78, 5) is 18.2. The molecule has 4 rings (SSSR count). The lowest BCUT2D eigenvalue weighted by atomic mass is 10.0. The minimum Gasteiger partial charge on any atom is -0.357 e. The monoisotopic (exact) mass is 308 g/mol. The predicted molar refractivity (Wildman–Crippen MR) is 89.4 cm³/mol. The highest BCUT2D eigenvalue weighted by atomic mass is 16.2. The van der Waals surface area contributed by atoms with Gasteiger partial charge in [-0.1, -0.05) is 18.2 Å². The molecule has 23 heavy (non-hydrogen) atoms. The van der Waals surface area contributed by atoms with Crippen LogP contribution in [0.5, 0.6) is 0 Å². The minimum atomic E-state index is 0.0755. The maximum atomic E-state index is 12.8. The van der Waals surface area contributed by atoms with E-state index in [1.165, 1.54) is 10.9 Å². The van der Waals surface area contributed by atoms with E-state index in [4.69, 9.17) is 0 Å². The van der Waals surface area contributed by atoms with Crippen molar-refractivity contribution in [2.24, 2.45) is 0 Å². The zero-order chi connectivity index (χ0) is 16.0. The van der Waals surface area contributed by atoms with Gasteiger partial charge < -0.3 is 9.88 Å². The molecule has 1 aliphatic heterocycles. The number of rotatable bonds is 2. The summed E-state index contributed by atoms with van der Waals surface area (Å²) >= 11 is 0. The number of aryl methyl sites for hydroxylation is 2. The van der Waals surface area contributed by atoms with Crippen LogP contribution in [0.15, 0.2) is 30.5 Å². The molecule has 0 aliphatic carbocycles. The Bertz CT molecular complexity index is 890. The lowest BCUT2D eigenvalue weighted by molar-refractivity contribution is 0.0732. The van der Waals surface area contributed by atoms with Crippen LogP contribution in [0.25, 0.3) is 10.9 Å². The van der Waals surface area contributed by atoms with Crippen molar-refractivity contribution >= 4 is 16.8 Å². The van der Waals surface area contributed by atoms with E-state index in [-0.39, 0.29) is 5.91 Å². The molecule has 3 aromatic rings. The lowest BCUT2D eigenvalue weighted by Crippen LogP contribution is -2.36. The lowest BCUT2D eigenvalue weighted by Gasteiger charge is -2.27. The Balaban J connectivity index is 1.64. The van der Waals surface area contributed by atoms with Gasteiger partial charge in [-0.3, -0.25) is 9.48 Å². The number of carbonyl (C=O) groups excluding carboxylic acids is 1. The molecule has 5 heteroatoms. The Kier molecular flexibility index (Phi) is 3.22. The molecular formula is C18H20N4O. The van der Waals surface area contributed by atoms with Crippen molar-refractivity contribution in [3.8, 4) is 0 Å². The summed E-state index contributed by atoms with van der Waals surface area (Å²) in [5, 5.41) is 5.67. The van der Waals surface area contributed by atoms with Gasteiger partial charge in [0.05, 0.1) is 17.8 Å². The van der Waals surface area contributed by atoms with Crippen LogP contribution in [0.1, 0.15) is 34.2 Å². The van der Waals surface area contributed by atoms with E-state index in [0.717, 1.165) is 36.4 Å². The Morgan fingerprint density at radius 2 is 2.17 bits per heavy atom. The fourth-order valence-corrected chi connectivity index (χ4v) is 3.43. The summed E-state index contributed by atoms with van der Waals surface area (Å²) in [6.07, 6.45) is 2.75. The summed E-state index contributed by atoms with van der Waals surface area (Å²) in [5.41, 5.74) is 5.18. The summed E-state index contributed by atoms with van der Waals surface area (Å²) < 4.78 is 1.82. The topological polar surface area (TPSA) is 53.9 Å². The first kappa shape index (κ1) is 14.1. The second-order valence-electron chi connectivity index (χ2n) is 6.09. The Hall–Kier alpha value is -2.56. The summed E-state index contributed by atoms with van der Waals surface area (Å²) in [5.74, 6) is 0.0755. The maximum Gasteiger partial charge on any atom is 0.257 e. The fourth-order valence-electron chi connectivity index (χ4n) is 3.43. The molecule has 1 aromatic carbocycles. The molecule has 1 aliphatic rings. The largest absolute Gasteiger partial charge is 0.357 e. The summed E-state index contributed by atoms with van der Waals surface area (Å²) in [7, 11) is 0. The zero-order valence-corrected chi connectivity index (χ0v) is 13.5. The van der Waals surface area contributed by atoms with E-state index in [9.17, 15) is 4.79 Å². The molecule has 3 heterocycles. The van der Waals surface area contributed by atoms with Crippen LogP contribution in [-0.4, -0.2) is 32.1 Å². The highest BCUT2D eigenvalue weighted by Gasteiger charge is 2.26. The molecule has 0 atom stereocenters. The van der Waals surface area contributed by atoms with Crippen molar-refractivity contribution < 1.29 is 4.79 Å². The second kappa shape index (κ2) is 5.26. The molecule has 0 bridgehead atoms. The molecule has 1 amide bonds. The molecule has 0 unspecified atom stereocenters. The number of hydrogen-bond donors (Lipinski definition) is 1. The van der Waals surface area contributed by atoms with Crippen LogP contribution in [0.2, 0.25) is 0 Å². The van der Waals surface area contributed by atoms with Gasteiger partial charge in [0.25, 0.3) is 5.91 Å². The van der Waals surface area contributed by atoms with Gasteiger partial charge in [0, 0.05) is 35.9 Å². The number of nitrogens with one attached hydrogen (secondary N) is 1. The van der Waals surface area contributed by atoms with Gasteiger partial charge in [0.15, 0.2) is 0 Å². The van der Waals surface area contributed by atoms with E-state index >= 15 is 0 Å². The van der Waals surface area contributed by atoms with Gasteiger partial charge in [0.1, 0.15) is 0 Å². The SMILES string of the molecule is CCn1cc(C(=O)N2CCc3c([nH]c4ccccc34)C2)c(C)n1. The number of aromatic nitrogens is 3. The third kappa shape index (κ3) is 2.23. The first-order valence-corrected chi connectivity index (χ1v) is 8.09. The number of hydrogen-bond acceptors (Lipinski definition) is 2. The molecule has 0 spiro atoms. The number of carbonyl (C=O) groups is 1. The third-order valence-electron chi connectivity index (χ3n) is 4.67. The van der Waals surface area contributed by atoms with E-state index in [0.29, 0.717) is 12.1 Å². The van der Waals surface area contributed by atoms with Gasteiger partial charge in [-0.25, -0.2) is 0 Å². The van der Waals surface area contributed by atoms with Crippen molar-refractivity contribution in [1.29, 1.82) is 0 Å². The molecule has 0 fully saturated rings. The van der Waals surface area contributed by atoms with Crippen molar-refractivity contribution in [2.75, 3.05) is 6.54 Å². The average Bonchev–Trinajstić information content (AvgIpc) is 3.13. The first-order valence-electron chi connectivity index (χ1n) is 8.09. The average molecular weight is 308 g/mol. The number of fused-ring (bicyclic) bond motifs is 3. The number of amides is 1. The highest BCUT2D eigenvalue weighted by molar-refractivity contribution is 5.95. The number of nitrogens with zero attached hydrogens (tertiary/aromatic N) is 3. The Morgan fingerprint density at radius 1 is 1.35 bits per heavy atom. The number of benzene rings is 1. The number of H-pyrrole nitrogens is 1. The van der Waals surface area contributed by atoms with Gasteiger partial charge >= 0.3 is 0 Å². The Labute approximate surface area is 134 Å². The van der Waals surface area contributed by atoms with E-state index in [2.05, 4.69) is 28.3 Å². The molecule has 0 radical (unpaired) electrons. The first-order chi connectivity index (χ1) is 11.2. The summed E-state index contributed by atoms with van der Waals surface area (Å²) in [6.45, 7) is 6.10. The van der Waals surface area contributed by atoms with E-state index in [1.54, 1.807) is 0 Å². The quantitative estimate of drug-likeness (QED) is 0.791. The van der Waals surface area contributed by atoms with Crippen molar-refractivity contribution in [3.05, 3.63) is 53.0 Å². The van der Waals surface area contributed by atoms with Gasteiger partial charge in [0.2, 0.25) is 0 Å². The van der Waals surface area contributed by atoms with Crippen LogP contribution in [0.3, 0.4) is 0 Å². The van der Waals surface area contributed by atoms with Crippen LogP contribution in [0, 0.1) is 6.92 Å². The third-order valence-corrected chi connectivity index (χ3v) is 4.67. The molecule has 5 nitrogen and oxygen atoms in total. The normalized spacial score (nSPS) is 14.3. The molecule has 0 saturated heterocycles. The van der Waals surface area contributed by atoms with Gasteiger partial charge in [-0.05, 0) is 31.9 Å². The Morgan fingerprint density at radius 3 is 2.96 bits per heavy atom. The second-order valence-corrected chi connectivity index (χ2v) is 6.09. The van der Waals surface area contributed by atoms with Gasteiger partial charge in [-0.2, -0.15) is 5.10 Å². The molecule has 118 valence electrons. The smallest absolute Gasteiger partial charge is 0.257 e. The standard InChI is InChI=1S/C18H20N4O/c1-3-22-10-15(12(2)20-22)18(23)21-9-8-14-13-6-4-5-7-16(13)19-17(14)11-21/h4-7,10,19H,3,8-9,11H2,1-2H3. The molecule has 0 saturated carbocycles. The van der Waals surface area contributed by atoms with E-state index < -0.39 is 0 Å². The van der Waals surface area contributed by atoms with Gasteiger partial charge in [-0.15, -0.1) is 0 Å². The molecular weight excluding hydrogens is 288 g/mol. The molecule has 2 aromatic heterocycles. The molecule has 1 N–H and O–H groups in total. The van der Waals surface area contributed by atoms with Crippen molar-refractivity contribution in [1.82, 2.24) is 19.7 Å². The van der Waals surface area contributed by atoms with Crippen LogP contribution < -0.4 is 0 Å². The highest BCUT2D eigenvalue weighted by Crippen LogP contribution is 2.28. The van der Waals surface area contributed by atoms with E-state index in [1.807, 2.05) is 35.7 Å². The van der Waals surface area contributed by atoms with Crippen LogP contribution >= 0.6 is 0 Å². The zero-order valence-electron chi connectivity index (χ0n) is 13.5. The maximum absolute atomic E-state index is 12.8. The number of aromatic amines is 1. The van der Waals surface area contributed by atoms with Crippen molar-refractivity contribution in [2.45, 2.75) is 33.4 Å². The number of para-hydroxylation sites is 1. The fraction of sp³-hybridized carbons (Fsp3) is 0.333. The van der Waals surface area contributed by atoms with Crippen LogP contribution in [-0.2, 0) is 19.5 Å². The predicted octanol–water partition coefficient (Wildman–Crippen LogP) is 2.89.